The Morgan fingerprint density at radius 2 is 2.36 bits per heavy atom. The zero-order valence-corrected chi connectivity index (χ0v) is 15.2. The van der Waals surface area contributed by atoms with Gasteiger partial charge >= 0.3 is 0 Å². The Balaban J connectivity index is 1.53. The van der Waals surface area contributed by atoms with Crippen LogP contribution in [0.2, 0.25) is 0 Å². The second-order valence-corrected chi connectivity index (χ2v) is 7.64. The van der Waals surface area contributed by atoms with Gasteiger partial charge in [0.2, 0.25) is 0 Å². The van der Waals surface area contributed by atoms with Gasteiger partial charge in [0.05, 0.1) is 23.3 Å². The van der Waals surface area contributed by atoms with E-state index in [1.165, 1.54) is 0 Å². The summed E-state index contributed by atoms with van der Waals surface area (Å²) in [6.07, 6.45) is 3.07. The molecule has 0 unspecified atom stereocenters. The highest BCUT2D eigenvalue weighted by atomic mass is 32.1. The Morgan fingerprint density at radius 3 is 3.08 bits per heavy atom. The van der Waals surface area contributed by atoms with Crippen LogP contribution in [-0.4, -0.2) is 38.8 Å². The molecule has 7 heteroatoms. The van der Waals surface area contributed by atoms with Crippen LogP contribution in [0.1, 0.15) is 57.4 Å². The minimum absolute atomic E-state index is 0.0630. The van der Waals surface area contributed by atoms with Gasteiger partial charge in [-0.2, -0.15) is 5.10 Å². The van der Waals surface area contributed by atoms with E-state index in [9.17, 15) is 9.90 Å². The van der Waals surface area contributed by atoms with Crippen molar-refractivity contribution in [3.05, 3.63) is 38.8 Å². The van der Waals surface area contributed by atoms with E-state index < -0.39 is 0 Å². The lowest BCUT2D eigenvalue weighted by molar-refractivity contribution is 0.0737. The molecule has 2 aliphatic heterocycles. The molecule has 2 aliphatic rings. The van der Waals surface area contributed by atoms with Crippen LogP contribution in [-0.2, 0) is 30.9 Å². The molecule has 4 rings (SSSR count). The Morgan fingerprint density at radius 1 is 1.48 bits per heavy atom. The van der Waals surface area contributed by atoms with Gasteiger partial charge in [-0.05, 0) is 31.9 Å². The van der Waals surface area contributed by atoms with E-state index in [2.05, 4.69) is 5.10 Å². The predicted molar refractivity (Wildman–Crippen MR) is 94.5 cm³/mol. The smallest absolute Gasteiger partial charge is 0.264 e. The van der Waals surface area contributed by atoms with Gasteiger partial charge in [-0.3, -0.25) is 9.48 Å². The molecule has 1 saturated heterocycles. The highest BCUT2D eigenvalue weighted by molar-refractivity contribution is 7.14. The van der Waals surface area contributed by atoms with Crippen molar-refractivity contribution in [3.8, 4) is 0 Å². The molecule has 0 saturated carbocycles. The van der Waals surface area contributed by atoms with Crippen molar-refractivity contribution < 1.29 is 14.6 Å². The third-order valence-electron chi connectivity index (χ3n) is 5.04. The van der Waals surface area contributed by atoms with Gasteiger partial charge in [0.15, 0.2) is 0 Å². The summed E-state index contributed by atoms with van der Waals surface area (Å²) in [4.78, 5) is 16.7. The maximum absolute atomic E-state index is 12.9. The molecule has 1 N–H and O–H groups in total. The summed E-state index contributed by atoms with van der Waals surface area (Å²) in [7, 11) is 0. The molecule has 4 heterocycles. The normalized spacial score (nSPS) is 20.1. The number of aliphatic hydroxyl groups excluding tert-OH is 1. The van der Waals surface area contributed by atoms with E-state index in [1.807, 2.05) is 28.6 Å². The summed E-state index contributed by atoms with van der Waals surface area (Å²) in [6.45, 7) is 4.77. The summed E-state index contributed by atoms with van der Waals surface area (Å²) in [5, 5.41) is 14.0. The zero-order chi connectivity index (χ0) is 17.4. The molecular weight excluding hydrogens is 338 g/mol. The number of carbonyl (C=O) groups is 1. The summed E-state index contributed by atoms with van der Waals surface area (Å²) >= 11 is 1.55. The van der Waals surface area contributed by atoms with Crippen molar-refractivity contribution in [2.75, 3.05) is 13.2 Å². The molecule has 1 amide bonds. The van der Waals surface area contributed by atoms with Crippen molar-refractivity contribution in [1.82, 2.24) is 14.7 Å². The number of aryl methyl sites for hydroxylation is 1. The fourth-order valence-electron chi connectivity index (χ4n) is 3.72. The van der Waals surface area contributed by atoms with Gasteiger partial charge in [0, 0.05) is 48.8 Å². The van der Waals surface area contributed by atoms with Crippen LogP contribution in [0.15, 0.2) is 12.1 Å². The van der Waals surface area contributed by atoms with Crippen molar-refractivity contribution in [3.63, 3.8) is 0 Å². The molecule has 0 aromatic carbocycles. The van der Waals surface area contributed by atoms with Crippen LogP contribution in [0.25, 0.3) is 0 Å². The molecule has 2 aromatic heterocycles. The van der Waals surface area contributed by atoms with E-state index in [4.69, 9.17) is 4.74 Å². The van der Waals surface area contributed by atoms with Gasteiger partial charge in [-0.25, -0.2) is 0 Å². The third kappa shape index (κ3) is 3.01. The Labute approximate surface area is 151 Å². The second-order valence-electron chi connectivity index (χ2n) is 6.53. The minimum Gasteiger partial charge on any atom is -0.390 e. The van der Waals surface area contributed by atoms with Crippen LogP contribution in [0.4, 0.5) is 0 Å². The first kappa shape index (κ1) is 16.8. The molecule has 0 aliphatic carbocycles. The Bertz CT molecular complexity index is 777. The number of aromatic nitrogens is 2. The molecule has 0 bridgehead atoms. The Hall–Kier alpha value is -1.70. The zero-order valence-electron chi connectivity index (χ0n) is 14.4. The van der Waals surface area contributed by atoms with Crippen LogP contribution in [0.5, 0.6) is 0 Å². The first-order valence-electron chi connectivity index (χ1n) is 8.90. The fraction of sp³-hybridized carbons (Fsp3) is 0.556. The van der Waals surface area contributed by atoms with Gasteiger partial charge in [0.25, 0.3) is 5.91 Å². The van der Waals surface area contributed by atoms with Crippen molar-refractivity contribution in [2.24, 2.45) is 0 Å². The first-order valence-corrected chi connectivity index (χ1v) is 9.71. The summed E-state index contributed by atoms with van der Waals surface area (Å²) < 4.78 is 7.66. The van der Waals surface area contributed by atoms with E-state index in [-0.39, 0.29) is 18.6 Å². The van der Waals surface area contributed by atoms with Crippen LogP contribution >= 0.6 is 11.3 Å². The number of hydrogen-bond donors (Lipinski definition) is 1. The van der Waals surface area contributed by atoms with Gasteiger partial charge < -0.3 is 14.7 Å². The van der Waals surface area contributed by atoms with E-state index in [0.717, 1.165) is 53.4 Å². The largest absolute Gasteiger partial charge is 0.390 e. The highest BCUT2D eigenvalue weighted by Gasteiger charge is 2.29. The average Bonchev–Trinajstić information content (AvgIpc) is 3.38. The number of amides is 1. The lowest BCUT2D eigenvalue weighted by Gasteiger charge is -2.27. The SMILES string of the molecule is CCn1nc(CO)c2c1CCN(C(=O)c1ccc([C@@H]3CCCO3)s1)C2. The molecule has 0 radical (unpaired) electrons. The number of aliphatic hydroxyl groups is 1. The second kappa shape index (κ2) is 6.90. The third-order valence-corrected chi connectivity index (χ3v) is 6.20. The van der Waals surface area contributed by atoms with Crippen LogP contribution in [0, 0.1) is 0 Å². The number of ether oxygens (including phenoxy) is 1. The summed E-state index contributed by atoms with van der Waals surface area (Å²) in [5.74, 6) is 0.0630. The van der Waals surface area contributed by atoms with Crippen molar-refractivity contribution in [2.45, 2.75) is 52.0 Å². The van der Waals surface area contributed by atoms with Gasteiger partial charge in [-0.1, -0.05) is 0 Å². The van der Waals surface area contributed by atoms with Crippen molar-refractivity contribution >= 4 is 17.2 Å². The van der Waals surface area contributed by atoms with Gasteiger partial charge in [-0.15, -0.1) is 11.3 Å². The summed E-state index contributed by atoms with van der Waals surface area (Å²) in [5.41, 5.74) is 2.86. The number of thiophene rings is 1. The van der Waals surface area contributed by atoms with E-state index >= 15 is 0 Å². The number of fused-ring (bicyclic) bond motifs is 1. The highest BCUT2D eigenvalue weighted by Crippen LogP contribution is 2.34. The van der Waals surface area contributed by atoms with Crippen molar-refractivity contribution in [1.29, 1.82) is 0 Å². The molecule has 1 atom stereocenters. The minimum atomic E-state index is -0.0838. The molecule has 0 spiro atoms. The quantitative estimate of drug-likeness (QED) is 0.909. The maximum Gasteiger partial charge on any atom is 0.264 e. The fourth-order valence-corrected chi connectivity index (χ4v) is 4.78. The van der Waals surface area contributed by atoms with Gasteiger partial charge in [0.1, 0.15) is 0 Å². The lowest BCUT2D eigenvalue weighted by Crippen LogP contribution is -2.36. The lowest BCUT2D eigenvalue weighted by atomic mass is 10.0. The van der Waals surface area contributed by atoms with Crippen LogP contribution in [0.3, 0.4) is 0 Å². The molecule has 134 valence electrons. The standard InChI is InChI=1S/C18H23N3O3S/c1-2-21-14-7-8-20(10-12(14)13(11-22)19-21)18(23)17-6-5-16(25-17)15-4-3-9-24-15/h5-6,15,22H,2-4,7-11H2,1H3/t15-/m0/s1. The molecular formula is C18H23N3O3S. The van der Waals surface area contributed by atoms with Crippen LogP contribution < -0.4 is 0 Å². The monoisotopic (exact) mass is 361 g/mol. The topological polar surface area (TPSA) is 67.6 Å². The first-order chi connectivity index (χ1) is 12.2. The number of carbonyl (C=O) groups excluding carboxylic acids is 1. The average molecular weight is 361 g/mol. The number of rotatable bonds is 4. The predicted octanol–water partition coefficient (Wildman–Crippen LogP) is 2.51. The number of nitrogens with zero attached hydrogens (tertiary/aromatic N) is 3. The molecule has 25 heavy (non-hydrogen) atoms. The van der Waals surface area contributed by atoms with E-state index in [1.54, 1.807) is 11.3 Å². The maximum atomic E-state index is 12.9. The Kier molecular flexibility index (Phi) is 4.62. The number of hydrogen-bond acceptors (Lipinski definition) is 5. The van der Waals surface area contributed by atoms with E-state index in [0.29, 0.717) is 18.8 Å². The molecule has 1 fully saturated rings. The summed E-state index contributed by atoms with van der Waals surface area (Å²) in [6, 6.07) is 3.94. The molecule has 2 aromatic rings. The molecule has 6 nitrogen and oxygen atoms in total.